The smallest absolute Gasteiger partial charge is 0.191 e. The first-order chi connectivity index (χ1) is 12.8. The molecule has 1 aromatic heterocycles. The molecule has 1 unspecified atom stereocenters. The maximum atomic E-state index is 5.72. The van der Waals surface area contributed by atoms with Gasteiger partial charge in [-0.1, -0.05) is 20.3 Å². The summed E-state index contributed by atoms with van der Waals surface area (Å²) in [4.78, 5) is 9.80. The van der Waals surface area contributed by atoms with Crippen molar-refractivity contribution in [2.75, 3.05) is 52.4 Å². The Morgan fingerprint density at radius 1 is 1.19 bits per heavy atom. The lowest BCUT2D eigenvalue weighted by atomic mass is 10.1. The monoisotopic (exact) mass is 491 g/mol. The first-order valence-corrected chi connectivity index (χ1v) is 10.3. The van der Waals surface area contributed by atoms with Gasteiger partial charge in [-0.2, -0.15) is 0 Å². The second-order valence-electron chi connectivity index (χ2n) is 6.80. The van der Waals surface area contributed by atoms with Gasteiger partial charge in [-0.05, 0) is 58.1 Å². The van der Waals surface area contributed by atoms with Crippen LogP contribution in [0.3, 0.4) is 0 Å². The quantitative estimate of drug-likeness (QED) is 0.299. The van der Waals surface area contributed by atoms with Gasteiger partial charge >= 0.3 is 0 Å². The van der Waals surface area contributed by atoms with Crippen molar-refractivity contribution in [2.45, 2.75) is 46.1 Å². The van der Waals surface area contributed by atoms with E-state index in [2.05, 4.69) is 47.3 Å². The van der Waals surface area contributed by atoms with E-state index in [1.54, 1.807) is 6.26 Å². The molecule has 156 valence electrons. The summed E-state index contributed by atoms with van der Waals surface area (Å²) < 4.78 is 5.72. The van der Waals surface area contributed by atoms with Gasteiger partial charge in [0, 0.05) is 19.6 Å². The zero-order chi connectivity index (χ0) is 18.6. The van der Waals surface area contributed by atoms with Crippen LogP contribution < -0.4 is 10.6 Å². The standard InChI is InChI=1S/C20H37N5O.HI/c1-4-21-20(22-12-15-24(5-2)6-3)23-17-18(19-11-10-16-26-19)25-13-8-7-9-14-25;/h10-11,16,18H,4-9,12-15,17H2,1-3H3,(H2,21,22,23);1H. The van der Waals surface area contributed by atoms with Crippen LogP contribution in [0.4, 0.5) is 0 Å². The number of nitrogens with zero attached hydrogens (tertiary/aromatic N) is 3. The summed E-state index contributed by atoms with van der Waals surface area (Å²) >= 11 is 0. The van der Waals surface area contributed by atoms with Gasteiger partial charge in [-0.25, -0.2) is 0 Å². The van der Waals surface area contributed by atoms with E-state index in [1.807, 2.05) is 6.07 Å². The minimum atomic E-state index is 0. The number of piperidine rings is 1. The highest BCUT2D eigenvalue weighted by Crippen LogP contribution is 2.25. The van der Waals surface area contributed by atoms with Crippen molar-refractivity contribution in [1.29, 1.82) is 0 Å². The second-order valence-corrected chi connectivity index (χ2v) is 6.80. The van der Waals surface area contributed by atoms with Crippen LogP contribution in [0.1, 0.15) is 51.8 Å². The summed E-state index contributed by atoms with van der Waals surface area (Å²) in [5.41, 5.74) is 0. The fraction of sp³-hybridized carbons (Fsp3) is 0.750. The summed E-state index contributed by atoms with van der Waals surface area (Å²) in [5, 5.41) is 6.84. The summed E-state index contributed by atoms with van der Waals surface area (Å²) in [6, 6.07) is 4.28. The molecule has 1 aliphatic rings. The third-order valence-corrected chi connectivity index (χ3v) is 5.08. The Morgan fingerprint density at radius 2 is 1.93 bits per heavy atom. The zero-order valence-corrected chi connectivity index (χ0v) is 19.6. The molecule has 7 heteroatoms. The minimum absolute atomic E-state index is 0. The Kier molecular flexibility index (Phi) is 12.8. The Bertz CT molecular complexity index is 498. The molecule has 1 saturated heterocycles. The minimum Gasteiger partial charge on any atom is -0.468 e. The van der Waals surface area contributed by atoms with Gasteiger partial charge in [0.1, 0.15) is 5.76 Å². The van der Waals surface area contributed by atoms with E-state index in [-0.39, 0.29) is 30.0 Å². The molecular formula is C20H38IN5O. The fourth-order valence-corrected chi connectivity index (χ4v) is 3.49. The molecule has 0 aliphatic carbocycles. The molecule has 1 atom stereocenters. The number of likely N-dealkylation sites (N-methyl/N-ethyl adjacent to an activating group) is 1. The van der Waals surface area contributed by atoms with Crippen molar-refractivity contribution in [3.05, 3.63) is 24.2 Å². The highest BCUT2D eigenvalue weighted by atomic mass is 127. The van der Waals surface area contributed by atoms with Crippen molar-refractivity contribution in [1.82, 2.24) is 20.4 Å². The van der Waals surface area contributed by atoms with Crippen LogP contribution in [0.5, 0.6) is 0 Å². The van der Waals surface area contributed by atoms with E-state index in [0.29, 0.717) is 6.54 Å². The van der Waals surface area contributed by atoms with E-state index in [0.717, 1.165) is 57.5 Å². The van der Waals surface area contributed by atoms with Crippen LogP contribution in [0.15, 0.2) is 27.8 Å². The summed E-state index contributed by atoms with van der Waals surface area (Å²) in [6.45, 7) is 14.5. The SMILES string of the molecule is CCNC(=NCC(c1ccco1)N1CCCCC1)NCCN(CC)CC.I. The van der Waals surface area contributed by atoms with Crippen molar-refractivity contribution < 1.29 is 4.42 Å². The lowest BCUT2D eigenvalue weighted by Crippen LogP contribution is -2.42. The number of rotatable bonds is 10. The molecule has 27 heavy (non-hydrogen) atoms. The predicted molar refractivity (Wildman–Crippen MR) is 124 cm³/mol. The first kappa shape index (κ1) is 24.2. The summed E-state index contributed by atoms with van der Waals surface area (Å²) in [6.07, 6.45) is 5.63. The molecule has 0 bridgehead atoms. The van der Waals surface area contributed by atoms with Gasteiger partial charge in [-0.3, -0.25) is 9.89 Å². The number of likely N-dealkylation sites (tertiary alicyclic amines) is 1. The van der Waals surface area contributed by atoms with E-state index >= 15 is 0 Å². The van der Waals surface area contributed by atoms with Crippen LogP contribution in [0.25, 0.3) is 0 Å². The topological polar surface area (TPSA) is 56.0 Å². The molecule has 0 aromatic carbocycles. The number of hydrogen-bond acceptors (Lipinski definition) is 4. The molecular weight excluding hydrogens is 453 g/mol. The molecule has 0 spiro atoms. The molecule has 2 N–H and O–H groups in total. The normalized spacial score (nSPS) is 16.8. The van der Waals surface area contributed by atoms with Gasteiger partial charge in [0.15, 0.2) is 5.96 Å². The maximum Gasteiger partial charge on any atom is 0.191 e. The number of aliphatic imine (C=N–C) groups is 1. The fourth-order valence-electron chi connectivity index (χ4n) is 3.49. The van der Waals surface area contributed by atoms with Crippen molar-refractivity contribution in [2.24, 2.45) is 4.99 Å². The van der Waals surface area contributed by atoms with E-state index in [4.69, 9.17) is 9.41 Å². The highest BCUT2D eigenvalue weighted by molar-refractivity contribution is 14.0. The summed E-state index contributed by atoms with van der Waals surface area (Å²) in [7, 11) is 0. The van der Waals surface area contributed by atoms with E-state index in [1.165, 1.54) is 19.3 Å². The molecule has 0 saturated carbocycles. The van der Waals surface area contributed by atoms with Gasteiger partial charge in [0.25, 0.3) is 0 Å². The summed E-state index contributed by atoms with van der Waals surface area (Å²) in [5.74, 6) is 1.92. The average Bonchev–Trinajstić information content (AvgIpc) is 3.20. The van der Waals surface area contributed by atoms with Gasteiger partial charge in [-0.15, -0.1) is 24.0 Å². The molecule has 1 fully saturated rings. The van der Waals surface area contributed by atoms with Gasteiger partial charge in [0.2, 0.25) is 0 Å². The van der Waals surface area contributed by atoms with Crippen molar-refractivity contribution >= 4 is 29.9 Å². The molecule has 0 amide bonds. The van der Waals surface area contributed by atoms with Gasteiger partial charge in [0.05, 0.1) is 18.8 Å². The molecule has 2 rings (SSSR count). The molecule has 1 aromatic rings. The molecule has 6 nitrogen and oxygen atoms in total. The number of nitrogens with one attached hydrogen (secondary N) is 2. The van der Waals surface area contributed by atoms with Crippen LogP contribution in [-0.2, 0) is 0 Å². The van der Waals surface area contributed by atoms with Crippen molar-refractivity contribution in [3.63, 3.8) is 0 Å². The lowest BCUT2D eigenvalue weighted by molar-refractivity contribution is 0.150. The second kappa shape index (κ2) is 14.2. The number of halogens is 1. The third-order valence-electron chi connectivity index (χ3n) is 5.08. The predicted octanol–water partition coefficient (Wildman–Crippen LogP) is 3.32. The Balaban J connectivity index is 0.00000364. The van der Waals surface area contributed by atoms with Gasteiger partial charge < -0.3 is 20.0 Å². The Morgan fingerprint density at radius 3 is 2.52 bits per heavy atom. The molecule has 1 aliphatic heterocycles. The van der Waals surface area contributed by atoms with E-state index in [9.17, 15) is 0 Å². The van der Waals surface area contributed by atoms with Crippen LogP contribution in [0, 0.1) is 0 Å². The Labute approximate surface area is 182 Å². The van der Waals surface area contributed by atoms with E-state index < -0.39 is 0 Å². The molecule has 0 radical (unpaired) electrons. The van der Waals surface area contributed by atoms with Crippen LogP contribution in [-0.4, -0.2) is 68.1 Å². The zero-order valence-electron chi connectivity index (χ0n) is 17.2. The number of guanidine groups is 1. The lowest BCUT2D eigenvalue weighted by Gasteiger charge is -2.32. The molecule has 2 heterocycles. The average molecular weight is 491 g/mol. The van der Waals surface area contributed by atoms with Crippen LogP contribution in [0.2, 0.25) is 0 Å². The third kappa shape index (κ3) is 8.39. The number of hydrogen-bond donors (Lipinski definition) is 2. The maximum absolute atomic E-state index is 5.72. The number of furan rings is 1. The highest BCUT2D eigenvalue weighted by Gasteiger charge is 2.24. The first-order valence-electron chi connectivity index (χ1n) is 10.3. The Hall–Kier alpha value is -0.800. The van der Waals surface area contributed by atoms with Crippen LogP contribution >= 0.6 is 24.0 Å². The van der Waals surface area contributed by atoms with Crippen molar-refractivity contribution in [3.8, 4) is 0 Å². The largest absolute Gasteiger partial charge is 0.468 e.